The Hall–Kier alpha value is -4.05. The fraction of sp³-hybridized carbons (Fsp3) is 0.355. The highest BCUT2D eigenvalue weighted by Crippen LogP contribution is 2.26. The Morgan fingerprint density at radius 1 is 0.878 bits per heavy atom. The molecule has 10 heteroatoms. The average molecular weight is 582 g/mol. The quantitative estimate of drug-likeness (QED) is 0.318. The van der Waals surface area contributed by atoms with Gasteiger partial charge in [0.15, 0.2) is 0 Å². The summed E-state index contributed by atoms with van der Waals surface area (Å²) < 4.78 is 39.7. The van der Waals surface area contributed by atoms with Crippen LogP contribution in [0.5, 0.6) is 11.5 Å². The van der Waals surface area contributed by atoms with Crippen LogP contribution in [0.2, 0.25) is 0 Å². The summed E-state index contributed by atoms with van der Waals surface area (Å²) in [5.41, 5.74) is 2.04. The van der Waals surface area contributed by atoms with Gasteiger partial charge >= 0.3 is 0 Å². The van der Waals surface area contributed by atoms with Crippen LogP contribution in [0.1, 0.15) is 38.8 Å². The molecule has 9 nitrogen and oxygen atoms in total. The van der Waals surface area contributed by atoms with Gasteiger partial charge in [-0.3, -0.25) is 13.9 Å². The number of benzene rings is 3. The molecule has 2 amide bonds. The molecule has 0 aliphatic heterocycles. The van der Waals surface area contributed by atoms with E-state index in [0.29, 0.717) is 23.8 Å². The van der Waals surface area contributed by atoms with Gasteiger partial charge in [-0.1, -0.05) is 29.8 Å². The van der Waals surface area contributed by atoms with E-state index in [9.17, 15) is 18.0 Å². The number of carbonyl (C=O) groups is 2. The number of nitrogens with zero attached hydrogens (tertiary/aromatic N) is 2. The first-order valence-corrected chi connectivity index (χ1v) is 14.9. The molecular weight excluding hydrogens is 542 g/mol. The summed E-state index contributed by atoms with van der Waals surface area (Å²) in [6.45, 7) is 9.08. The topological polar surface area (TPSA) is 105 Å². The molecule has 0 aliphatic carbocycles. The SMILES string of the molecule is CCOc1ccc(S(=O)(=O)N(CC(=O)N(Cc2ccc(OC)cc2)C(C)C(=O)NC(C)C)c2ccc(C)cc2)cc1. The molecule has 0 saturated carbocycles. The Balaban J connectivity index is 2.01. The molecule has 3 rings (SSSR count). The number of ether oxygens (including phenoxy) is 2. The monoisotopic (exact) mass is 581 g/mol. The maximum atomic E-state index is 14.0. The van der Waals surface area contributed by atoms with Crippen molar-refractivity contribution in [1.82, 2.24) is 10.2 Å². The van der Waals surface area contributed by atoms with E-state index >= 15 is 0 Å². The molecule has 0 aliphatic rings. The van der Waals surface area contributed by atoms with Crippen molar-refractivity contribution in [1.29, 1.82) is 0 Å². The van der Waals surface area contributed by atoms with Gasteiger partial charge in [-0.05, 0) is 88.7 Å². The van der Waals surface area contributed by atoms with Crippen molar-refractivity contribution in [2.75, 3.05) is 24.6 Å². The van der Waals surface area contributed by atoms with E-state index in [1.807, 2.05) is 27.7 Å². The third kappa shape index (κ3) is 8.23. The lowest BCUT2D eigenvalue weighted by Crippen LogP contribution is -2.52. The van der Waals surface area contributed by atoms with Gasteiger partial charge in [0, 0.05) is 12.6 Å². The number of amides is 2. The van der Waals surface area contributed by atoms with E-state index in [2.05, 4.69) is 5.32 Å². The van der Waals surface area contributed by atoms with Crippen LogP contribution in [0.4, 0.5) is 5.69 Å². The molecule has 3 aromatic carbocycles. The lowest BCUT2D eigenvalue weighted by Gasteiger charge is -2.32. The van der Waals surface area contributed by atoms with Crippen molar-refractivity contribution in [3.63, 3.8) is 0 Å². The van der Waals surface area contributed by atoms with Gasteiger partial charge in [0.1, 0.15) is 24.1 Å². The molecule has 1 N–H and O–H groups in total. The first-order chi connectivity index (χ1) is 19.5. The first-order valence-electron chi connectivity index (χ1n) is 13.5. The van der Waals surface area contributed by atoms with Crippen LogP contribution in [0.15, 0.2) is 77.7 Å². The highest BCUT2D eigenvalue weighted by molar-refractivity contribution is 7.92. The molecule has 0 heterocycles. The summed E-state index contributed by atoms with van der Waals surface area (Å²) in [7, 11) is -2.60. The Kier molecular flexibility index (Phi) is 10.8. The second-order valence-electron chi connectivity index (χ2n) is 9.96. The Morgan fingerprint density at radius 2 is 1.46 bits per heavy atom. The highest BCUT2D eigenvalue weighted by Gasteiger charge is 2.32. The minimum absolute atomic E-state index is 0.0154. The van der Waals surface area contributed by atoms with Crippen molar-refractivity contribution >= 4 is 27.5 Å². The number of nitrogens with one attached hydrogen (secondary N) is 1. The average Bonchev–Trinajstić information content (AvgIpc) is 2.95. The van der Waals surface area contributed by atoms with Crippen molar-refractivity contribution in [3.8, 4) is 11.5 Å². The van der Waals surface area contributed by atoms with Crippen molar-refractivity contribution in [2.24, 2.45) is 0 Å². The lowest BCUT2D eigenvalue weighted by molar-refractivity contribution is -0.139. The normalized spacial score (nSPS) is 12.0. The largest absolute Gasteiger partial charge is 0.497 e. The molecule has 220 valence electrons. The van der Waals surface area contributed by atoms with E-state index in [1.165, 1.54) is 17.0 Å². The molecular formula is C31H39N3O6S. The fourth-order valence-electron chi connectivity index (χ4n) is 4.16. The van der Waals surface area contributed by atoms with Crippen LogP contribution in [0.3, 0.4) is 0 Å². The van der Waals surface area contributed by atoms with Crippen molar-refractivity contribution < 1.29 is 27.5 Å². The predicted octanol–water partition coefficient (Wildman–Crippen LogP) is 4.54. The lowest BCUT2D eigenvalue weighted by atomic mass is 10.1. The smallest absolute Gasteiger partial charge is 0.264 e. The molecule has 0 saturated heterocycles. The van der Waals surface area contributed by atoms with Crippen molar-refractivity contribution in [3.05, 3.63) is 83.9 Å². The van der Waals surface area contributed by atoms with E-state index < -0.39 is 28.5 Å². The Bertz CT molecular complexity index is 1410. The van der Waals surface area contributed by atoms with E-state index in [4.69, 9.17) is 9.47 Å². The summed E-state index contributed by atoms with van der Waals surface area (Å²) in [4.78, 5) is 28.4. The zero-order valence-corrected chi connectivity index (χ0v) is 25.3. The minimum atomic E-state index is -4.16. The van der Waals surface area contributed by atoms with Crippen molar-refractivity contribution in [2.45, 2.75) is 58.1 Å². The maximum absolute atomic E-state index is 14.0. The molecule has 0 fully saturated rings. The van der Waals surface area contributed by atoms with Crippen LogP contribution in [0, 0.1) is 6.92 Å². The van der Waals surface area contributed by atoms with Gasteiger partial charge in [-0.15, -0.1) is 0 Å². The number of anilines is 1. The number of methoxy groups -OCH3 is 1. The third-order valence-electron chi connectivity index (χ3n) is 6.43. The van der Waals surface area contributed by atoms with Crippen LogP contribution >= 0.6 is 0 Å². The number of rotatable bonds is 13. The van der Waals surface area contributed by atoms with E-state index in [1.54, 1.807) is 74.7 Å². The Morgan fingerprint density at radius 3 is 2.00 bits per heavy atom. The van der Waals surface area contributed by atoms with Gasteiger partial charge in [0.05, 0.1) is 24.3 Å². The van der Waals surface area contributed by atoms with Crippen LogP contribution in [0.25, 0.3) is 0 Å². The number of carbonyl (C=O) groups excluding carboxylic acids is 2. The first kappa shape index (κ1) is 31.5. The van der Waals surface area contributed by atoms with Gasteiger partial charge < -0.3 is 19.7 Å². The van der Waals surface area contributed by atoms with Gasteiger partial charge in [0.25, 0.3) is 10.0 Å². The molecule has 41 heavy (non-hydrogen) atoms. The second-order valence-corrected chi connectivity index (χ2v) is 11.8. The summed E-state index contributed by atoms with van der Waals surface area (Å²) in [6, 6.07) is 19.1. The van der Waals surface area contributed by atoms with Gasteiger partial charge in [-0.25, -0.2) is 8.42 Å². The summed E-state index contributed by atoms with van der Waals surface area (Å²) in [5.74, 6) is 0.338. The molecule has 3 aromatic rings. The van der Waals surface area contributed by atoms with Gasteiger partial charge in [0.2, 0.25) is 11.8 Å². The third-order valence-corrected chi connectivity index (χ3v) is 8.22. The van der Waals surface area contributed by atoms with E-state index in [0.717, 1.165) is 15.4 Å². The fourth-order valence-corrected chi connectivity index (χ4v) is 5.57. The van der Waals surface area contributed by atoms with Crippen LogP contribution in [-0.2, 0) is 26.2 Å². The molecule has 0 spiro atoms. The molecule has 1 unspecified atom stereocenters. The zero-order valence-electron chi connectivity index (χ0n) is 24.5. The predicted molar refractivity (Wildman–Crippen MR) is 160 cm³/mol. The highest BCUT2D eigenvalue weighted by atomic mass is 32.2. The minimum Gasteiger partial charge on any atom is -0.497 e. The molecule has 1 atom stereocenters. The maximum Gasteiger partial charge on any atom is 0.264 e. The second kappa shape index (κ2) is 14.0. The van der Waals surface area contributed by atoms with Crippen LogP contribution in [-0.4, -0.2) is 57.5 Å². The summed E-state index contributed by atoms with van der Waals surface area (Å²) >= 11 is 0. The number of hydrogen-bond acceptors (Lipinski definition) is 6. The number of aryl methyl sites for hydroxylation is 1. The van der Waals surface area contributed by atoms with Gasteiger partial charge in [-0.2, -0.15) is 0 Å². The number of hydrogen-bond donors (Lipinski definition) is 1. The van der Waals surface area contributed by atoms with E-state index in [-0.39, 0.29) is 23.4 Å². The molecule has 0 radical (unpaired) electrons. The standard InChI is InChI=1S/C31H39N3O6S/c1-7-40-28-16-18-29(19-17-28)41(37,38)34(26-12-8-23(4)9-13-26)21-30(35)33(24(5)31(36)32-22(2)3)20-25-10-14-27(39-6)15-11-25/h8-19,22,24H,7,20-21H2,1-6H3,(H,32,36). The van der Waals surface area contributed by atoms with Crippen LogP contribution < -0.4 is 19.1 Å². The Labute approximate surface area is 243 Å². The summed E-state index contributed by atoms with van der Waals surface area (Å²) in [5, 5.41) is 2.85. The molecule has 0 aromatic heterocycles. The zero-order chi connectivity index (χ0) is 30.2. The summed E-state index contributed by atoms with van der Waals surface area (Å²) in [6.07, 6.45) is 0. The molecule has 0 bridgehead atoms. The number of sulfonamides is 1.